The molecule has 5 nitrogen and oxygen atoms in total. The zero-order valence-corrected chi connectivity index (χ0v) is 10.3. The number of carbonyl (C=O) groups excluding carboxylic acids is 1. The molecule has 0 saturated carbocycles. The van der Waals surface area contributed by atoms with Gasteiger partial charge in [0, 0.05) is 5.56 Å². The van der Waals surface area contributed by atoms with Crippen molar-refractivity contribution in [2.24, 2.45) is 0 Å². The Morgan fingerprint density at radius 3 is 2.72 bits per heavy atom. The summed E-state index contributed by atoms with van der Waals surface area (Å²) in [6.07, 6.45) is -3.57. The maximum Gasteiger partial charge on any atom is 0.338 e. The van der Waals surface area contributed by atoms with Crippen LogP contribution in [-0.4, -0.2) is 28.9 Å². The van der Waals surface area contributed by atoms with Gasteiger partial charge in [0.25, 0.3) is 0 Å². The summed E-state index contributed by atoms with van der Waals surface area (Å²) in [4.78, 5) is 11.2. The number of ether oxygens (including phenoxy) is 1. The average molecular weight is 278 g/mol. The maximum atomic E-state index is 13.1. The lowest BCUT2D eigenvalue weighted by Gasteiger charge is -2.18. The van der Waals surface area contributed by atoms with Gasteiger partial charge in [-0.1, -0.05) is 11.6 Å². The molecule has 0 aliphatic carbocycles. The van der Waals surface area contributed by atoms with Crippen LogP contribution in [0.1, 0.15) is 18.6 Å². The van der Waals surface area contributed by atoms with Gasteiger partial charge < -0.3 is 20.7 Å². The molecule has 0 bridgehead atoms. The third-order valence-corrected chi connectivity index (χ3v) is 2.58. The van der Waals surface area contributed by atoms with Crippen LogP contribution in [0.4, 0.5) is 10.1 Å². The predicted octanol–water partition coefficient (Wildman–Crippen LogP) is 1.02. The minimum Gasteiger partial charge on any atom is -0.464 e. The molecule has 0 spiro atoms. The molecule has 7 heteroatoms. The number of benzene rings is 1. The van der Waals surface area contributed by atoms with E-state index in [4.69, 9.17) is 17.3 Å². The number of nitrogen functional groups attached to an aromatic ring is 1. The summed E-state index contributed by atoms with van der Waals surface area (Å²) < 4.78 is 17.7. The smallest absolute Gasteiger partial charge is 0.338 e. The van der Waals surface area contributed by atoms with Crippen LogP contribution in [0.3, 0.4) is 0 Å². The summed E-state index contributed by atoms with van der Waals surface area (Å²) in [7, 11) is 0. The van der Waals surface area contributed by atoms with Gasteiger partial charge in [-0.3, -0.25) is 0 Å². The number of hydrogen-bond acceptors (Lipinski definition) is 5. The van der Waals surface area contributed by atoms with Crippen LogP contribution in [0, 0.1) is 5.82 Å². The van der Waals surface area contributed by atoms with Crippen LogP contribution in [0.2, 0.25) is 5.02 Å². The number of rotatable bonds is 4. The third kappa shape index (κ3) is 3.10. The second-order valence-electron chi connectivity index (χ2n) is 3.53. The average Bonchev–Trinajstić information content (AvgIpc) is 2.32. The molecule has 0 heterocycles. The molecule has 0 aliphatic heterocycles. The fourth-order valence-electron chi connectivity index (χ4n) is 1.38. The van der Waals surface area contributed by atoms with Crippen molar-refractivity contribution in [3.8, 4) is 0 Å². The number of halogens is 2. The van der Waals surface area contributed by atoms with Gasteiger partial charge in [-0.2, -0.15) is 0 Å². The zero-order chi connectivity index (χ0) is 13.9. The predicted molar refractivity (Wildman–Crippen MR) is 63.4 cm³/mol. The fraction of sp³-hybridized carbons (Fsp3) is 0.364. The summed E-state index contributed by atoms with van der Waals surface area (Å²) in [5, 5.41) is 19.2. The summed E-state index contributed by atoms with van der Waals surface area (Å²) in [6.45, 7) is 1.59. The Bertz CT molecular complexity index is 455. The molecule has 0 amide bonds. The van der Waals surface area contributed by atoms with Crippen molar-refractivity contribution in [1.29, 1.82) is 0 Å². The maximum absolute atomic E-state index is 13.1. The van der Waals surface area contributed by atoms with E-state index in [1.54, 1.807) is 6.92 Å². The van der Waals surface area contributed by atoms with E-state index in [0.29, 0.717) is 0 Å². The molecule has 18 heavy (non-hydrogen) atoms. The number of aliphatic hydroxyl groups excluding tert-OH is 2. The van der Waals surface area contributed by atoms with Crippen molar-refractivity contribution in [2.45, 2.75) is 19.1 Å². The lowest BCUT2D eigenvalue weighted by molar-refractivity contribution is -0.159. The molecule has 4 N–H and O–H groups in total. The van der Waals surface area contributed by atoms with Gasteiger partial charge in [-0.15, -0.1) is 0 Å². The third-order valence-electron chi connectivity index (χ3n) is 2.27. The standard InChI is InChI=1S/C11H13ClFNO4/c1-2-18-11(17)10(16)9(15)6-3-5(13)4-7(12)8(6)14/h3-4,9-10,15-16H,2,14H2,1H3. The van der Waals surface area contributed by atoms with Gasteiger partial charge in [0.15, 0.2) is 6.10 Å². The van der Waals surface area contributed by atoms with E-state index in [-0.39, 0.29) is 22.9 Å². The summed E-state index contributed by atoms with van der Waals surface area (Å²) >= 11 is 5.63. The number of carbonyl (C=O) groups is 1. The SMILES string of the molecule is CCOC(=O)C(O)C(O)c1cc(F)cc(Cl)c1N. The highest BCUT2D eigenvalue weighted by Crippen LogP contribution is 2.30. The fourth-order valence-corrected chi connectivity index (χ4v) is 1.59. The van der Waals surface area contributed by atoms with E-state index in [2.05, 4.69) is 4.74 Å². The molecule has 1 aromatic carbocycles. The van der Waals surface area contributed by atoms with Gasteiger partial charge in [-0.05, 0) is 19.1 Å². The molecule has 1 aromatic rings. The van der Waals surface area contributed by atoms with Crippen LogP contribution in [-0.2, 0) is 9.53 Å². The van der Waals surface area contributed by atoms with E-state index < -0.39 is 24.0 Å². The molecule has 0 aromatic heterocycles. The van der Waals surface area contributed by atoms with Gasteiger partial charge in [0.05, 0.1) is 17.3 Å². The molecule has 2 unspecified atom stereocenters. The minimum absolute atomic E-state index is 0.0437. The van der Waals surface area contributed by atoms with Gasteiger partial charge in [0.1, 0.15) is 11.9 Å². The first-order valence-corrected chi connectivity index (χ1v) is 5.53. The van der Waals surface area contributed by atoms with E-state index in [0.717, 1.165) is 12.1 Å². The van der Waals surface area contributed by atoms with E-state index in [1.165, 1.54) is 0 Å². The van der Waals surface area contributed by atoms with Gasteiger partial charge in [-0.25, -0.2) is 9.18 Å². The Hall–Kier alpha value is -1.37. The summed E-state index contributed by atoms with van der Waals surface area (Å²) in [5.74, 6) is -1.76. The van der Waals surface area contributed by atoms with Crippen LogP contribution in [0.15, 0.2) is 12.1 Å². The molecule has 0 aliphatic rings. The first-order chi connectivity index (χ1) is 8.38. The topological polar surface area (TPSA) is 92.8 Å². The molecule has 2 atom stereocenters. The van der Waals surface area contributed by atoms with E-state index in [1.807, 2.05) is 0 Å². The lowest BCUT2D eigenvalue weighted by Crippen LogP contribution is -2.30. The van der Waals surface area contributed by atoms with Crippen molar-refractivity contribution < 1.29 is 24.1 Å². The monoisotopic (exact) mass is 277 g/mol. The molecular weight excluding hydrogens is 265 g/mol. The highest BCUT2D eigenvalue weighted by molar-refractivity contribution is 6.33. The number of esters is 1. The van der Waals surface area contributed by atoms with Crippen molar-refractivity contribution in [2.75, 3.05) is 12.3 Å². The first kappa shape index (κ1) is 14.7. The second kappa shape index (κ2) is 5.99. The Balaban J connectivity index is 3.03. The number of nitrogens with two attached hydrogens (primary N) is 1. The Kier molecular flexibility index (Phi) is 4.89. The molecular formula is C11H13ClFNO4. The van der Waals surface area contributed by atoms with Crippen LogP contribution < -0.4 is 5.73 Å². The van der Waals surface area contributed by atoms with Crippen LogP contribution in [0.25, 0.3) is 0 Å². The Morgan fingerprint density at radius 2 is 2.17 bits per heavy atom. The Labute approximate surface area is 108 Å². The molecule has 0 radical (unpaired) electrons. The normalized spacial score (nSPS) is 14.1. The highest BCUT2D eigenvalue weighted by Gasteiger charge is 2.29. The number of hydrogen-bond donors (Lipinski definition) is 3. The van der Waals surface area contributed by atoms with Crippen LogP contribution >= 0.6 is 11.6 Å². The lowest BCUT2D eigenvalue weighted by atomic mass is 10.0. The Morgan fingerprint density at radius 1 is 1.56 bits per heavy atom. The molecule has 1 rings (SSSR count). The van der Waals surface area contributed by atoms with Crippen molar-refractivity contribution >= 4 is 23.3 Å². The van der Waals surface area contributed by atoms with Crippen molar-refractivity contribution in [1.82, 2.24) is 0 Å². The largest absolute Gasteiger partial charge is 0.464 e. The number of aliphatic hydroxyl groups is 2. The highest BCUT2D eigenvalue weighted by atomic mass is 35.5. The van der Waals surface area contributed by atoms with Crippen LogP contribution in [0.5, 0.6) is 0 Å². The van der Waals surface area contributed by atoms with Gasteiger partial charge >= 0.3 is 5.97 Å². The molecule has 100 valence electrons. The molecule has 0 saturated heterocycles. The number of anilines is 1. The first-order valence-electron chi connectivity index (χ1n) is 5.15. The minimum atomic E-state index is -1.86. The quantitative estimate of drug-likeness (QED) is 0.564. The molecule has 0 fully saturated rings. The van der Waals surface area contributed by atoms with E-state index >= 15 is 0 Å². The second-order valence-corrected chi connectivity index (χ2v) is 3.94. The van der Waals surface area contributed by atoms with E-state index in [9.17, 15) is 19.4 Å². The van der Waals surface area contributed by atoms with Crippen molar-refractivity contribution in [3.05, 3.63) is 28.5 Å². The summed E-state index contributed by atoms with van der Waals surface area (Å²) in [5.41, 5.74) is 5.27. The summed E-state index contributed by atoms with van der Waals surface area (Å²) in [6, 6.07) is 1.86. The van der Waals surface area contributed by atoms with Gasteiger partial charge in [0.2, 0.25) is 0 Å². The van der Waals surface area contributed by atoms with Crippen molar-refractivity contribution in [3.63, 3.8) is 0 Å². The zero-order valence-electron chi connectivity index (χ0n) is 9.56.